The minimum Gasteiger partial charge on any atom is -0.0882 e. The van der Waals surface area contributed by atoms with Crippen LogP contribution in [-0.2, 0) is 0 Å². The van der Waals surface area contributed by atoms with Crippen molar-refractivity contribution in [3.63, 3.8) is 0 Å². The van der Waals surface area contributed by atoms with E-state index in [-0.39, 0.29) is 0 Å². The summed E-state index contributed by atoms with van der Waals surface area (Å²) in [5, 5.41) is 0. The Bertz CT molecular complexity index is 208. The second-order valence-corrected chi connectivity index (χ2v) is 4.55. The minimum atomic E-state index is 1.07. The summed E-state index contributed by atoms with van der Waals surface area (Å²) >= 11 is 0. The van der Waals surface area contributed by atoms with E-state index in [0.29, 0.717) is 0 Å². The van der Waals surface area contributed by atoms with E-state index in [2.05, 4.69) is 50.3 Å². The van der Waals surface area contributed by atoms with Crippen LogP contribution in [0, 0.1) is 0 Å². The normalized spacial score (nSPS) is 12.4. The van der Waals surface area contributed by atoms with Gasteiger partial charge in [0, 0.05) is 0 Å². The summed E-state index contributed by atoms with van der Waals surface area (Å²) in [6.07, 6.45) is 25.0. The zero-order valence-electron chi connectivity index (χ0n) is 11.8. The molecule has 98 valence electrons. The van der Waals surface area contributed by atoms with Gasteiger partial charge in [0.15, 0.2) is 0 Å². The first-order valence-electron chi connectivity index (χ1n) is 7.38. The minimum absolute atomic E-state index is 1.07. The van der Waals surface area contributed by atoms with Gasteiger partial charge in [-0.05, 0) is 25.7 Å². The van der Waals surface area contributed by atoms with E-state index < -0.39 is 0 Å². The molecular weight excluding hydrogens is 204 g/mol. The van der Waals surface area contributed by atoms with E-state index in [1.165, 1.54) is 51.4 Å². The highest BCUT2D eigenvalue weighted by molar-refractivity contribution is 5.04. The lowest BCUT2D eigenvalue weighted by Crippen LogP contribution is -1.75. The van der Waals surface area contributed by atoms with Crippen molar-refractivity contribution in [2.45, 2.75) is 71.6 Å². The van der Waals surface area contributed by atoms with Crippen molar-refractivity contribution in [1.82, 2.24) is 0 Å². The Labute approximate surface area is 109 Å². The van der Waals surface area contributed by atoms with Crippen molar-refractivity contribution in [2.75, 3.05) is 0 Å². The Kier molecular flexibility index (Phi) is 14.5. The molecule has 0 unspecified atom stereocenters. The predicted octanol–water partition coefficient (Wildman–Crippen LogP) is 6.21. The molecule has 0 nitrogen and oxygen atoms in total. The van der Waals surface area contributed by atoms with E-state index in [1.54, 1.807) is 0 Å². The fourth-order valence-electron chi connectivity index (χ4n) is 1.66. The van der Waals surface area contributed by atoms with Crippen molar-refractivity contribution in [1.29, 1.82) is 0 Å². The lowest BCUT2D eigenvalue weighted by atomic mass is 10.1. The molecule has 0 aliphatic rings. The summed E-state index contributed by atoms with van der Waals surface area (Å²) in [5.41, 5.74) is 0. The zero-order chi connectivity index (χ0) is 12.6. The molecule has 0 spiro atoms. The molecule has 0 fully saturated rings. The molecule has 0 heteroatoms. The third-order valence-corrected chi connectivity index (χ3v) is 2.75. The standard InChI is InChI=1S/C17H30/c1-3-5-7-9-11-13-15-17-16-14-12-10-8-6-4-2/h7,9,11,13,16-17H,3-6,8,10,12,14-15H2,1-2H3. The van der Waals surface area contributed by atoms with Gasteiger partial charge in [-0.25, -0.2) is 0 Å². The van der Waals surface area contributed by atoms with E-state index in [4.69, 9.17) is 0 Å². The van der Waals surface area contributed by atoms with Crippen LogP contribution in [0.3, 0.4) is 0 Å². The number of hydrogen-bond donors (Lipinski definition) is 0. The fraction of sp³-hybridized carbons (Fsp3) is 0.647. The molecule has 0 heterocycles. The van der Waals surface area contributed by atoms with Crippen molar-refractivity contribution in [2.24, 2.45) is 0 Å². The first-order chi connectivity index (χ1) is 8.41. The van der Waals surface area contributed by atoms with E-state index in [9.17, 15) is 0 Å². The van der Waals surface area contributed by atoms with Crippen LogP contribution in [0.25, 0.3) is 0 Å². The van der Waals surface area contributed by atoms with Gasteiger partial charge in [0.05, 0.1) is 0 Å². The summed E-state index contributed by atoms with van der Waals surface area (Å²) in [6.45, 7) is 4.47. The third kappa shape index (κ3) is 15.2. The molecule has 0 N–H and O–H groups in total. The van der Waals surface area contributed by atoms with Gasteiger partial charge in [0.2, 0.25) is 0 Å². The lowest BCUT2D eigenvalue weighted by molar-refractivity contribution is 0.637. The average Bonchev–Trinajstić information content (AvgIpc) is 2.35. The summed E-state index contributed by atoms with van der Waals surface area (Å²) in [6, 6.07) is 0. The Morgan fingerprint density at radius 3 is 2.12 bits per heavy atom. The Hall–Kier alpha value is -0.780. The van der Waals surface area contributed by atoms with Crippen LogP contribution < -0.4 is 0 Å². The molecule has 0 amide bonds. The highest BCUT2D eigenvalue weighted by atomic mass is 13.9. The number of unbranched alkanes of at least 4 members (excludes halogenated alkanes) is 6. The molecule has 0 aliphatic heterocycles. The summed E-state index contributed by atoms with van der Waals surface area (Å²) in [7, 11) is 0. The van der Waals surface area contributed by atoms with Crippen molar-refractivity contribution in [3.05, 3.63) is 36.5 Å². The number of rotatable bonds is 11. The van der Waals surface area contributed by atoms with E-state index in [1.807, 2.05) is 0 Å². The zero-order valence-corrected chi connectivity index (χ0v) is 11.8. The van der Waals surface area contributed by atoms with Crippen molar-refractivity contribution in [3.8, 4) is 0 Å². The molecule has 0 aromatic carbocycles. The van der Waals surface area contributed by atoms with Crippen LogP contribution in [0.2, 0.25) is 0 Å². The molecule has 17 heavy (non-hydrogen) atoms. The molecule has 0 saturated carbocycles. The molecule has 0 radical (unpaired) electrons. The Morgan fingerprint density at radius 1 is 0.588 bits per heavy atom. The first-order valence-corrected chi connectivity index (χ1v) is 7.38. The lowest BCUT2D eigenvalue weighted by Gasteiger charge is -1.95. The highest BCUT2D eigenvalue weighted by Gasteiger charge is 1.85. The summed E-state index contributed by atoms with van der Waals surface area (Å²) in [5.74, 6) is 0. The maximum Gasteiger partial charge on any atom is -0.0166 e. The van der Waals surface area contributed by atoms with Gasteiger partial charge >= 0.3 is 0 Å². The molecule has 0 aliphatic carbocycles. The molecule has 0 saturated heterocycles. The van der Waals surface area contributed by atoms with Gasteiger partial charge in [-0.2, -0.15) is 0 Å². The van der Waals surface area contributed by atoms with Crippen LogP contribution in [-0.4, -0.2) is 0 Å². The quantitative estimate of drug-likeness (QED) is 0.227. The van der Waals surface area contributed by atoms with Gasteiger partial charge in [0.25, 0.3) is 0 Å². The average molecular weight is 234 g/mol. The van der Waals surface area contributed by atoms with Crippen LogP contribution in [0.15, 0.2) is 36.5 Å². The second-order valence-electron chi connectivity index (χ2n) is 4.55. The van der Waals surface area contributed by atoms with Crippen LogP contribution in [0.4, 0.5) is 0 Å². The van der Waals surface area contributed by atoms with Crippen molar-refractivity contribution >= 4 is 0 Å². The molecule has 0 atom stereocenters. The van der Waals surface area contributed by atoms with E-state index >= 15 is 0 Å². The van der Waals surface area contributed by atoms with E-state index in [0.717, 1.165) is 6.42 Å². The molecule has 0 aromatic heterocycles. The molecule has 0 rings (SSSR count). The third-order valence-electron chi connectivity index (χ3n) is 2.75. The van der Waals surface area contributed by atoms with Crippen LogP contribution >= 0.6 is 0 Å². The topological polar surface area (TPSA) is 0 Å². The monoisotopic (exact) mass is 234 g/mol. The largest absolute Gasteiger partial charge is 0.0882 e. The SMILES string of the molecule is CCCC=CC=CCC=CCCCCCCC. The first kappa shape index (κ1) is 16.2. The second kappa shape index (κ2) is 15.2. The van der Waals surface area contributed by atoms with Gasteiger partial charge in [0.1, 0.15) is 0 Å². The predicted molar refractivity (Wildman–Crippen MR) is 80.3 cm³/mol. The maximum atomic E-state index is 2.33. The van der Waals surface area contributed by atoms with Crippen molar-refractivity contribution < 1.29 is 0 Å². The van der Waals surface area contributed by atoms with Gasteiger partial charge < -0.3 is 0 Å². The Balaban J connectivity index is 3.24. The number of allylic oxidation sites excluding steroid dienone is 6. The molecule has 0 aromatic rings. The maximum absolute atomic E-state index is 2.33. The highest BCUT2D eigenvalue weighted by Crippen LogP contribution is 2.05. The van der Waals surface area contributed by atoms with Crippen LogP contribution in [0.5, 0.6) is 0 Å². The summed E-state index contributed by atoms with van der Waals surface area (Å²) < 4.78 is 0. The van der Waals surface area contributed by atoms with Gasteiger partial charge in [-0.15, -0.1) is 0 Å². The van der Waals surface area contributed by atoms with Crippen LogP contribution in [0.1, 0.15) is 71.6 Å². The fourth-order valence-corrected chi connectivity index (χ4v) is 1.66. The van der Waals surface area contributed by atoms with Gasteiger partial charge in [-0.1, -0.05) is 82.4 Å². The molecule has 0 bridgehead atoms. The smallest absolute Gasteiger partial charge is 0.0166 e. The Morgan fingerprint density at radius 2 is 1.35 bits per heavy atom. The van der Waals surface area contributed by atoms with Gasteiger partial charge in [-0.3, -0.25) is 0 Å². The number of hydrogen-bond acceptors (Lipinski definition) is 0. The molecular formula is C17H30. The summed E-state index contributed by atoms with van der Waals surface area (Å²) in [4.78, 5) is 0.